The molecule has 3 aromatic heterocycles. The maximum Gasteiger partial charge on any atom is 0.355 e. The highest BCUT2D eigenvalue weighted by molar-refractivity contribution is 6.20. The van der Waals surface area contributed by atoms with Gasteiger partial charge in [-0.25, -0.2) is 19.2 Å². The fourth-order valence-corrected chi connectivity index (χ4v) is 19.0. The number of fused-ring (bicyclic) bond motifs is 9. The summed E-state index contributed by atoms with van der Waals surface area (Å²) >= 11 is 0. The van der Waals surface area contributed by atoms with Crippen LogP contribution in [0.5, 0.6) is 0 Å². The number of esters is 1. The number of ketones is 3. The number of hydrogen-bond acceptors (Lipinski definition) is 20. The number of ether oxygens (including phenoxy) is 4. The lowest BCUT2D eigenvalue weighted by atomic mass is 9.86. The van der Waals surface area contributed by atoms with E-state index in [2.05, 4.69) is 103 Å². The summed E-state index contributed by atoms with van der Waals surface area (Å²) in [5.74, 6) is -1.76. The number of benzene rings is 11. The van der Waals surface area contributed by atoms with E-state index in [1.54, 1.807) is 44.2 Å². The summed E-state index contributed by atoms with van der Waals surface area (Å²) < 4.78 is 28.9. The van der Waals surface area contributed by atoms with Crippen molar-refractivity contribution >= 4 is 124 Å². The second kappa shape index (κ2) is 43.3. The largest absolute Gasteiger partial charge is 0.462 e. The van der Waals surface area contributed by atoms with Crippen molar-refractivity contribution in [2.24, 2.45) is 15.5 Å². The van der Waals surface area contributed by atoms with Gasteiger partial charge in [0.25, 0.3) is 0 Å². The summed E-state index contributed by atoms with van der Waals surface area (Å²) in [5.41, 5.74) is 16.1. The van der Waals surface area contributed by atoms with Crippen molar-refractivity contribution in [2.45, 2.75) is 145 Å². The highest BCUT2D eigenvalue weighted by atomic mass is 16.7. The molecular formula is C113H119N9O14. The quantitative estimate of drug-likeness (QED) is 0.0101. The minimum absolute atomic E-state index is 0.00560. The Hall–Kier alpha value is -13.8. The predicted molar refractivity (Wildman–Crippen MR) is 537 cm³/mol. The second-order valence-electron chi connectivity index (χ2n) is 35.4. The molecule has 17 rings (SSSR count). The Morgan fingerprint density at radius 3 is 1.01 bits per heavy atom. The molecule has 0 bridgehead atoms. The second-order valence-corrected chi connectivity index (χ2v) is 35.4. The van der Waals surface area contributed by atoms with Crippen molar-refractivity contribution in [1.82, 2.24) is 28.4 Å². The molecule has 0 saturated carbocycles. The fraction of sp³-hybridized carbons (Fsp3) is 0.310. The molecule has 3 fully saturated rings. The average Bonchev–Trinajstić information content (AvgIpc) is 1.53. The highest BCUT2D eigenvalue weighted by Gasteiger charge is 2.47. The average molecular weight is 1830 g/mol. The van der Waals surface area contributed by atoms with Gasteiger partial charge in [0.15, 0.2) is 17.3 Å². The number of aryl methyl sites for hydroxylation is 6. The molecule has 3 aliphatic heterocycles. The van der Waals surface area contributed by atoms with Crippen LogP contribution in [0.2, 0.25) is 0 Å². The maximum absolute atomic E-state index is 14.0. The van der Waals surface area contributed by atoms with Crippen molar-refractivity contribution in [1.29, 1.82) is 0 Å². The SMILES string of the molecule is C=CCC(C)(C(=O)O/N=C(\C)c1ccc2c(c1)c1cc(C(=O)c3ccccc3C)ccc1n2CC)N1CCOCC1.CCn1c2ccc(C(=O)c3ccccc3C)cc2c2cc(/C(C)=N/OC(=O)C(C)(CCOC(=O)c3ccccc3)N3CCOCC3)ccc21.CCn1c2ccc(C(=O)c3ccccc3C)cc2c2cc(/C(C)=N/OC(=O)C(CC)(Cc3ccccc3)N3CCOCC3)ccc21. The van der Waals surface area contributed by atoms with E-state index in [0.717, 1.165) is 124 Å². The van der Waals surface area contributed by atoms with Gasteiger partial charge in [0.2, 0.25) is 0 Å². The van der Waals surface area contributed by atoms with Gasteiger partial charge in [0, 0.05) is 171 Å². The number of oxime groups is 3. The number of hydrogen-bond donors (Lipinski definition) is 0. The number of aromatic nitrogens is 3. The van der Waals surface area contributed by atoms with E-state index in [0.29, 0.717) is 154 Å². The van der Waals surface area contributed by atoms with Gasteiger partial charge in [0.1, 0.15) is 16.6 Å². The molecule has 0 spiro atoms. The van der Waals surface area contributed by atoms with Gasteiger partial charge in [-0.05, 0) is 231 Å². The Labute approximate surface area is 793 Å². The number of rotatable bonds is 30. The normalized spacial score (nSPS) is 15.6. The molecule has 23 nitrogen and oxygen atoms in total. The van der Waals surface area contributed by atoms with Crippen LogP contribution in [0.1, 0.15) is 179 Å². The van der Waals surface area contributed by atoms with E-state index in [9.17, 15) is 33.6 Å². The molecule has 11 aromatic carbocycles. The van der Waals surface area contributed by atoms with E-state index in [1.165, 1.54) is 0 Å². The van der Waals surface area contributed by atoms with Gasteiger partial charge in [0.05, 0.1) is 68.9 Å². The first kappa shape index (κ1) is 96.8. The molecule has 3 unspecified atom stereocenters. The van der Waals surface area contributed by atoms with E-state index in [4.69, 9.17) is 33.5 Å². The Morgan fingerprint density at radius 1 is 0.368 bits per heavy atom. The van der Waals surface area contributed by atoms with Crippen molar-refractivity contribution < 1.29 is 67.0 Å². The summed E-state index contributed by atoms with van der Waals surface area (Å²) in [4.78, 5) is 117. The zero-order valence-electron chi connectivity index (χ0n) is 79.8. The molecule has 0 amide bonds. The van der Waals surface area contributed by atoms with Gasteiger partial charge in [-0.2, -0.15) is 0 Å². The van der Waals surface area contributed by atoms with Crippen LogP contribution in [0, 0.1) is 20.8 Å². The Bertz CT molecular complexity index is 6930. The van der Waals surface area contributed by atoms with Crippen LogP contribution in [-0.2, 0) is 73.9 Å². The van der Waals surface area contributed by atoms with Crippen LogP contribution in [0.15, 0.2) is 271 Å². The number of carbonyl (C=O) groups excluding carboxylic acids is 7. The molecule has 3 aliphatic rings. The third-order valence-electron chi connectivity index (χ3n) is 27.1. The first-order chi connectivity index (χ1) is 65.8. The Balaban J connectivity index is 0.000000156. The molecule has 0 radical (unpaired) electrons. The van der Waals surface area contributed by atoms with Crippen LogP contribution in [0.3, 0.4) is 0 Å². The van der Waals surface area contributed by atoms with Gasteiger partial charge in [-0.1, -0.05) is 168 Å². The van der Waals surface area contributed by atoms with Gasteiger partial charge < -0.3 is 47.2 Å². The number of morpholine rings is 3. The van der Waals surface area contributed by atoms with Crippen molar-refractivity contribution in [3.05, 3.63) is 333 Å². The minimum atomic E-state index is -1.09. The van der Waals surface area contributed by atoms with Crippen LogP contribution in [0.25, 0.3) is 65.4 Å². The van der Waals surface area contributed by atoms with E-state index < -0.39 is 34.5 Å². The third-order valence-corrected chi connectivity index (χ3v) is 27.1. The summed E-state index contributed by atoms with van der Waals surface area (Å²) in [5, 5.41) is 18.9. The molecule has 23 heteroatoms. The first-order valence-electron chi connectivity index (χ1n) is 47.0. The van der Waals surface area contributed by atoms with Gasteiger partial charge in [-0.15, -0.1) is 6.58 Å². The standard InChI is InChI=1S/C40H41N3O6.C39H41N3O4.C34H37N3O4/c1-5-43-35-17-15-30(25-33(35)34-26-31(16-18-36(34)43)37(44)32-14-10-9-11-27(32)2)28(3)41-49-39(46)40(4,42-20-23-47-24-21-42)19-22-48-38(45)29-12-7-6-8-13-29;1-5-39(41-20-22-45-23-21-41,26-29-13-8-7-9-14-29)38(44)46-40-28(4)30-16-18-35-33(24-30)34-25-31(17-19-36(34)42(35)6-2)37(43)32-15-11-10-12-27(32)3;1-6-16-34(5,36-17-19-40-20-18-36)33(39)41-35-24(4)25-12-14-30-28(21-25)29-22-26(13-15-31(29)37(30)7-2)32(38)27-11-9-8-10-23(27)3/h6-18,25-26H,5,19-24H2,1-4H3;7-19,24-25H,5-6,20-23,26H2,1-4H3;6,8-15,21-22H,1,7,16-20H2,2-5H3/b41-28+;40-28+;35-24+. The minimum Gasteiger partial charge on any atom is -0.462 e. The number of nitrogens with zero attached hydrogens (tertiary/aromatic N) is 9. The van der Waals surface area contributed by atoms with E-state index in [-0.39, 0.29) is 36.3 Å². The molecule has 14 aromatic rings. The zero-order valence-corrected chi connectivity index (χ0v) is 79.8. The lowest BCUT2D eigenvalue weighted by Gasteiger charge is -2.42. The fourth-order valence-electron chi connectivity index (χ4n) is 19.0. The number of carbonyl (C=O) groups is 7. The monoisotopic (exact) mass is 1830 g/mol. The summed E-state index contributed by atoms with van der Waals surface area (Å²) in [6.07, 6.45) is 3.53. The third kappa shape index (κ3) is 20.4. The Kier molecular flexibility index (Phi) is 30.8. The molecular weight excluding hydrogens is 1710 g/mol. The summed E-state index contributed by atoms with van der Waals surface area (Å²) in [7, 11) is 0. The van der Waals surface area contributed by atoms with Gasteiger partial charge in [-0.3, -0.25) is 29.1 Å². The lowest BCUT2D eigenvalue weighted by molar-refractivity contribution is -0.163. The molecule has 3 saturated heterocycles. The van der Waals surface area contributed by atoms with Crippen LogP contribution in [-0.4, -0.2) is 189 Å². The van der Waals surface area contributed by atoms with Crippen LogP contribution in [0.4, 0.5) is 0 Å². The maximum atomic E-state index is 14.0. The molecule has 3 atom stereocenters. The smallest absolute Gasteiger partial charge is 0.355 e. The highest BCUT2D eigenvalue weighted by Crippen LogP contribution is 2.38. The summed E-state index contributed by atoms with van der Waals surface area (Å²) in [6.45, 7) is 36.6. The molecule has 0 N–H and O–H groups in total. The van der Waals surface area contributed by atoms with Crippen LogP contribution < -0.4 is 0 Å². The molecule has 0 aliphatic carbocycles. The van der Waals surface area contributed by atoms with Crippen molar-refractivity contribution in [3.8, 4) is 0 Å². The van der Waals surface area contributed by atoms with Gasteiger partial charge >= 0.3 is 23.9 Å². The topological polar surface area (TPSA) is 246 Å². The first-order valence-corrected chi connectivity index (χ1v) is 47.0. The van der Waals surface area contributed by atoms with Crippen molar-refractivity contribution in [2.75, 3.05) is 85.5 Å². The van der Waals surface area contributed by atoms with E-state index >= 15 is 0 Å². The van der Waals surface area contributed by atoms with Crippen LogP contribution >= 0.6 is 0 Å². The molecule has 136 heavy (non-hydrogen) atoms. The zero-order chi connectivity index (χ0) is 96.0. The Morgan fingerprint density at radius 2 is 0.669 bits per heavy atom. The predicted octanol–water partition coefficient (Wildman–Crippen LogP) is 20.6. The summed E-state index contributed by atoms with van der Waals surface area (Å²) in [6, 6.07) is 77.8. The molecule has 700 valence electrons. The lowest BCUT2D eigenvalue weighted by Crippen LogP contribution is -2.59. The molecule has 6 heterocycles. The van der Waals surface area contributed by atoms with Crippen molar-refractivity contribution in [3.63, 3.8) is 0 Å². The van der Waals surface area contributed by atoms with E-state index in [1.807, 2.05) is 235 Å².